The number of rotatable bonds is 2. The van der Waals surface area contributed by atoms with Crippen molar-refractivity contribution in [2.24, 2.45) is 0 Å². The van der Waals surface area contributed by atoms with Crippen LogP contribution in [-0.2, 0) is 4.79 Å². The number of amides is 1. The number of nitrogens with one attached hydrogen (secondary N) is 1. The van der Waals surface area contributed by atoms with Crippen molar-refractivity contribution in [2.45, 2.75) is 10.8 Å². The fourth-order valence-electron chi connectivity index (χ4n) is 2.11. The standard InChI is InChI=1S/C14H10BrClN2OS/c15-8-5-11(13(16)17-6-8)18-14(19)10-7-20-12-4-2-1-3-9(10)12/h1-6,10H,7H2,(H,18,19). The summed E-state index contributed by atoms with van der Waals surface area (Å²) < 4.78 is 0.776. The number of pyridine rings is 1. The van der Waals surface area contributed by atoms with Gasteiger partial charge in [-0.3, -0.25) is 4.79 Å². The molecule has 1 N–H and O–H groups in total. The second-order valence-electron chi connectivity index (χ2n) is 4.38. The number of carbonyl (C=O) groups excluding carboxylic acids is 1. The second kappa shape index (κ2) is 5.76. The molecule has 2 heterocycles. The molecule has 6 heteroatoms. The van der Waals surface area contributed by atoms with Crippen LogP contribution in [-0.4, -0.2) is 16.6 Å². The second-order valence-corrected chi connectivity index (χ2v) is 6.72. The van der Waals surface area contributed by atoms with Gasteiger partial charge in [-0.15, -0.1) is 11.8 Å². The zero-order valence-corrected chi connectivity index (χ0v) is 13.4. The first kappa shape index (κ1) is 13.9. The fraction of sp³-hybridized carbons (Fsp3) is 0.143. The lowest BCUT2D eigenvalue weighted by atomic mass is 10.0. The molecule has 0 radical (unpaired) electrons. The summed E-state index contributed by atoms with van der Waals surface area (Å²) in [5.41, 5.74) is 1.61. The van der Waals surface area contributed by atoms with E-state index in [4.69, 9.17) is 11.6 Å². The van der Waals surface area contributed by atoms with E-state index in [2.05, 4.69) is 26.2 Å². The van der Waals surface area contributed by atoms with Crippen LogP contribution in [0, 0.1) is 0 Å². The third-order valence-electron chi connectivity index (χ3n) is 3.08. The van der Waals surface area contributed by atoms with E-state index >= 15 is 0 Å². The first-order valence-corrected chi connectivity index (χ1v) is 8.14. The van der Waals surface area contributed by atoms with Crippen LogP contribution in [0.25, 0.3) is 0 Å². The van der Waals surface area contributed by atoms with Gasteiger partial charge in [-0.25, -0.2) is 4.98 Å². The van der Waals surface area contributed by atoms with E-state index in [1.54, 1.807) is 24.0 Å². The van der Waals surface area contributed by atoms with Crippen LogP contribution in [0.3, 0.4) is 0 Å². The highest BCUT2D eigenvalue weighted by Gasteiger charge is 2.29. The van der Waals surface area contributed by atoms with Gasteiger partial charge in [-0.05, 0) is 33.6 Å². The predicted molar refractivity (Wildman–Crippen MR) is 85.5 cm³/mol. The van der Waals surface area contributed by atoms with Crippen LogP contribution in [0.1, 0.15) is 11.5 Å². The van der Waals surface area contributed by atoms with Gasteiger partial charge in [0, 0.05) is 21.3 Å². The first-order chi connectivity index (χ1) is 9.65. The van der Waals surface area contributed by atoms with Crippen molar-refractivity contribution >= 4 is 50.9 Å². The van der Waals surface area contributed by atoms with Crippen molar-refractivity contribution in [3.8, 4) is 0 Å². The van der Waals surface area contributed by atoms with Crippen molar-refractivity contribution in [2.75, 3.05) is 11.1 Å². The topological polar surface area (TPSA) is 42.0 Å². The summed E-state index contributed by atoms with van der Waals surface area (Å²) in [5, 5.41) is 3.15. The van der Waals surface area contributed by atoms with Crippen LogP contribution in [0.4, 0.5) is 5.69 Å². The molecular formula is C14H10BrClN2OS. The molecule has 1 amide bonds. The maximum Gasteiger partial charge on any atom is 0.232 e. The van der Waals surface area contributed by atoms with Gasteiger partial charge >= 0.3 is 0 Å². The molecule has 1 aliphatic rings. The molecule has 20 heavy (non-hydrogen) atoms. The maximum atomic E-state index is 12.4. The maximum absolute atomic E-state index is 12.4. The van der Waals surface area contributed by atoms with Crippen molar-refractivity contribution in [3.63, 3.8) is 0 Å². The van der Waals surface area contributed by atoms with Crippen LogP contribution in [0.2, 0.25) is 5.15 Å². The molecule has 1 atom stereocenters. The lowest BCUT2D eigenvalue weighted by Crippen LogP contribution is -2.21. The third kappa shape index (κ3) is 2.71. The summed E-state index contributed by atoms with van der Waals surface area (Å²) >= 11 is 11.0. The molecule has 3 rings (SSSR count). The van der Waals surface area contributed by atoms with E-state index in [0.29, 0.717) is 10.8 Å². The van der Waals surface area contributed by atoms with Crippen LogP contribution >= 0.6 is 39.3 Å². The normalized spacial score (nSPS) is 16.8. The van der Waals surface area contributed by atoms with E-state index in [0.717, 1.165) is 15.8 Å². The Morgan fingerprint density at radius 1 is 1.45 bits per heavy atom. The highest BCUT2D eigenvalue weighted by atomic mass is 79.9. The van der Waals surface area contributed by atoms with Gasteiger partial charge in [0.15, 0.2) is 5.15 Å². The summed E-state index contributed by atoms with van der Waals surface area (Å²) in [5.74, 6) is 0.556. The Hall–Kier alpha value is -1.04. The van der Waals surface area contributed by atoms with E-state index in [9.17, 15) is 4.79 Å². The Balaban J connectivity index is 1.83. The van der Waals surface area contributed by atoms with Crippen molar-refractivity contribution in [3.05, 3.63) is 51.7 Å². The minimum atomic E-state index is -0.147. The van der Waals surface area contributed by atoms with Crippen molar-refractivity contribution in [1.29, 1.82) is 0 Å². The fourth-order valence-corrected chi connectivity index (χ4v) is 3.82. The number of nitrogens with zero attached hydrogens (tertiary/aromatic N) is 1. The molecule has 0 fully saturated rings. The molecule has 1 aromatic heterocycles. The Bertz CT molecular complexity index is 680. The van der Waals surface area contributed by atoms with Crippen molar-refractivity contribution < 1.29 is 4.79 Å². The number of aromatic nitrogens is 1. The summed E-state index contributed by atoms with van der Waals surface area (Å²) in [6, 6.07) is 9.74. The zero-order chi connectivity index (χ0) is 14.1. The predicted octanol–water partition coefficient (Wildman–Crippen LogP) is 4.33. The number of anilines is 1. The number of hydrogen-bond acceptors (Lipinski definition) is 3. The average molecular weight is 370 g/mol. The molecule has 2 aromatic rings. The largest absolute Gasteiger partial charge is 0.323 e. The quantitative estimate of drug-likeness (QED) is 0.801. The first-order valence-electron chi connectivity index (χ1n) is 5.99. The zero-order valence-electron chi connectivity index (χ0n) is 10.3. The molecule has 1 unspecified atom stereocenters. The van der Waals surface area contributed by atoms with Gasteiger partial charge in [-0.2, -0.15) is 0 Å². The molecule has 3 nitrogen and oxygen atoms in total. The summed E-state index contributed by atoms with van der Waals surface area (Å²) in [6.45, 7) is 0. The highest BCUT2D eigenvalue weighted by Crippen LogP contribution is 2.40. The van der Waals surface area contributed by atoms with E-state index < -0.39 is 0 Å². The monoisotopic (exact) mass is 368 g/mol. The average Bonchev–Trinajstić information content (AvgIpc) is 2.87. The Morgan fingerprint density at radius 2 is 2.25 bits per heavy atom. The van der Waals surface area contributed by atoms with Gasteiger partial charge in [0.2, 0.25) is 5.91 Å². The Labute approximate surface area is 134 Å². The number of carbonyl (C=O) groups is 1. The van der Waals surface area contributed by atoms with Gasteiger partial charge in [0.25, 0.3) is 0 Å². The number of hydrogen-bond donors (Lipinski definition) is 1. The number of halogens is 2. The van der Waals surface area contributed by atoms with Crippen LogP contribution in [0.5, 0.6) is 0 Å². The van der Waals surface area contributed by atoms with Crippen molar-refractivity contribution in [1.82, 2.24) is 4.98 Å². The summed E-state index contributed by atoms with van der Waals surface area (Å²) in [4.78, 5) is 17.6. The minimum absolute atomic E-state index is 0.0516. The van der Waals surface area contributed by atoms with E-state index in [1.807, 2.05) is 24.3 Å². The number of benzene rings is 1. The van der Waals surface area contributed by atoms with E-state index in [1.165, 1.54) is 4.90 Å². The molecular weight excluding hydrogens is 360 g/mol. The number of thioether (sulfide) groups is 1. The third-order valence-corrected chi connectivity index (χ3v) is 5.00. The molecule has 0 bridgehead atoms. The lowest BCUT2D eigenvalue weighted by Gasteiger charge is -2.12. The molecule has 1 aliphatic heterocycles. The van der Waals surface area contributed by atoms with Gasteiger partial charge in [0.1, 0.15) is 0 Å². The van der Waals surface area contributed by atoms with E-state index in [-0.39, 0.29) is 11.8 Å². The Kier molecular flexibility index (Phi) is 4.01. The molecule has 0 aliphatic carbocycles. The van der Waals surface area contributed by atoms with Gasteiger partial charge in [-0.1, -0.05) is 29.8 Å². The minimum Gasteiger partial charge on any atom is -0.323 e. The summed E-state index contributed by atoms with van der Waals surface area (Å²) in [7, 11) is 0. The Morgan fingerprint density at radius 3 is 3.10 bits per heavy atom. The summed E-state index contributed by atoms with van der Waals surface area (Å²) in [6.07, 6.45) is 1.60. The molecule has 1 aromatic carbocycles. The molecule has 0 spiro atoms. The van der Waals surface area contributed by atoms with Gasteiger partial charge < -0.3 is 5.32 Å². The number of fused-ring (bicyclic) bond motifs is 1. The SMILES string of the molecule is O=C(Nc1cc(Br)cnc1Cl)C1CSc2ccccc21. The molecule has 102 valence electrons. The van der Waals surface area contributed by atoms with Crippen LogP contribution in [0.15, 0.2) is 45.9 Å². The smallest absolute Gasteiger partial charge is 0.232 e. The molecule has 0 saturated carbocycles. The molecule has 0 saturated heterocycles. The van der Waals surface area contributed by atoms with Crippen LogP contribution < -0.4 is 5.32 Å². The lowest BCUT2D eigenvalue weighted by molar-refractivity contribution is -0.117. The highest BCUT2D eigenvalue weighted by molar-refractivity contribution is 9.10. The van der Waals surface area contributed by atoms with Gasteiger partial charge in [0.05, 0.1) is 11.6 Å².